The van der Waals surface area contributed by atoms with E-state index >= 15 is 0 Å². The summed E-state index contributed by atoms with van der Waals surface area (Å²) in [6.45, 7) is 0. The summed E-state index contributed by atoms with van der Waals surface area (Å²) in [5, 5.41) is 19.4. The zero-order valence-corrected chi connectivity index (χ0v) is 15.8. The highest BCUT2D eigenvalue weighted by atomic mass is 19.1. The number of aromatic nitrogens is 2. The Balaban J connectivity index is 1.81. The highest BCUT2D eigenvalue weighted by Gasteiger charge is 2.35. The minimum absolute atomic E-state index is 0.162. The predicted molar refractivity (Wildman–Crippen MR) is 102 cm³/mol. The van der Waals surface area contributed by atoms with Crippen molar-refractivity contribution in [2.24, 2.45) is 11.7 Å². The number of alkyl carbamates (subject to hydrolysis) is 1. The van der Waals surface area contributed by atoms with Crippen LogP contribution in [0.2, 0.25) is 0 Å². The van der Waals surface area contributed by atoms with Crippen molar-refractivity contribution >= 4 is 23.5 Å². The molecule has 1 aromatic carbocycles. The molecule has 1 aromatic heterocycles. The van der Waals surface area contributed by atoms with Crippen molar-refractivity contribution in [2.75, 3.05) is 12.4 Å². The summed E-state index contributed by atoms with van der Waals surface area (Å²) in [7, 11) is 1.47. The third-order valence-corrected chi connectivity index (χ3v) is 4.85. The van der Waals surface area contributed by atoms with Crippen LogP contribution in [0.15, 0.2) is 30.5 Å². The Bertz CT molecular complexity index is 936. The van der Waals surface area contributed by atoms with Crippen LogP contribution in [0.3, 0.4) is 0 Å². The molecule has 1 saturated carbocycles. The van der Waals surface area contributed by atoms with Crippen molar-refractivity contribution in [2.45, 2.75) is 31.4 Å². The third kappa shape index (κ3) is 4.63. The largest absolute Gasteiger partial charge is 0.446 e. The minimum atomic E-state index is -0.675. The number of benzene rings is 1. The van der Waals surface area contributed by atoms with E-state index in [9.17, 15) is 19.2 Å². The molecule has 1 aliphatic rings. The van der Waals surface area contributed by atoms with Crippen LogP contribution in [-0.2, 0) is 4.74 Å². The smallest absolute Gasteiger partial charge is 0.407 e. The Morgan fingerprint density at radius 3 is 2.69 bits per heavy atom. The number of nitriles is 1. The van der Waals surface area contributed by atoms with E-state index in [1.165, 1.54) is 37.5 Å². The van der Waals surface area contributed by atoms with Gasteiger partial charge in [-0.25, -0.2) is 9.18 Å². The van der Waals surface area contributed by atoms with Gasteiger partial charge in [-0.15, -0.1) is 0 Å². The van der Waals surface area contributed by atoms with Crippen LogP contribution >= 0.6 is 0 Å². The van der Waals surface area contributed by atoms with E-state index in [1.807, 2.05) is 0 Å². The highest BCUT2D eigenvalue weighted by Crippen LogP contribution is 2.36. The number of carbonyl (C=O) groups is 2. The first kappa shape index (κ1) is 20.1. The Kier molecular flexibility index (Phi) is 5.97. The third-order valence-electron chi connectivity index (χ3n) is 4.85. The van der Waals surface area contributed by atoms with E-state index in [-0.39, 0.29) is 29.3 Å². The number of ether oxygens (including phenoxy) is 1. The number of nitrogens with one attached hydrogen (secondary N) is 2. The average molecular weight is 400 g/mol. The van der Waals surface area contributed by atoms with Crippen molar-refractivity contribution in [3.63, 3.8) is 0 Å². The molecule has 1 heterocycles. The molecule has 0 bridgehead atoms. The summed E-state index contributed by atoms with van der Waals surface area (Å²) in [5.74, 6) is -1.29. The predicted octanol–water partition coefficient (Wildman–Crippen LogP) is 2.45. The molecule has 3 atom stereocenters. The molecule has 0 aliphatic heterocycles. The summed E-state index contributed by atoms with van der Waals surface area (Å²) in [6, 6.07) is 7.52. The molecule has 2 aromatic rings. The lowest BCUT2D eigenvalue weighted by Crippen LogP contribution is -2.34. The van der Waals surface area contributed by atoms with Crippen LogP contribution in [0.5, 0.6) is 0 Å². The molecule has 0 spiro atoms. The van der Waals surface area contributed by atoms with E-state index in [0.29, 0.717) is 24.9 Å². The topological polar surface area (TPSA) is 135 Å². The molecule has 1 aliphatic carbocycles. The van der Waals surface area contributed by atoms with Gasteiger partial charge in [-0.1, -0.05) is 0 Å². The number of primary amides is 1. The molecule has 4 N–H and O–H groups in total. The molecular formula is C19H21FN6O3. The normalized spacial score (nSPS) is 21.1. The second-order valence-electron chi connectivity index (χ2n) is 6.76. The maximum atomic E-state index is 13.1. The summed E-state index contributed by atoms with van der Waals surface area (Å²) in [6.07, 6.45) is 2.06. The van der Waals surface area contributed by atoms with Gasteiger partial charge in [-0.05, 0) is 37.1 Å². The molecule has 1 fully saturated rings. The first-order valence-corrected chi connectivity index (χ1v) is 9.10. The molecule has 3 rings (SSSR count). The highest BCUT2D eigenvalue weighted by molar-refractivity contribution is 5.98. The standard InChI is InChI=1S/C19H21FN6O3/c1-23-19(28)29-14-6-7-16(11(8-14)9-21)26-10-15(17(22)27)18(25-26)24-13-4-2-12(20)3-5-13/h2-5,10-11,14,16H,6-8H2,1H3,(H2,22,27)(H,23,28)(H,24,25). The molecule has 9 nitrogen and oxygen atoms in total. The molecule has 0 saturated heterocycles. The number of rotatable bonds is 5. The molecule has 3 unspecified atom stereocenters. The van der Waals surface area contributed by atoms with Crippen molar-refractivity contribution in [3.8, 4) is 6.07 Å². The molecule has 2 amide bonds. The number of anilines is 2. The van der Waals surface area contributed by atoms with Gasteiger partial charge in [0.15, 0.2) is 5.82 Å². The fraction of sp³-hybridized carbons (Fsp3) is 0.368. The lowest BCUT2D eigenvalue weighted by molar-refractivity contribution is 0.0528. The first-order valence-electron chi connectivity index (χ1n) is 9.10. The van der Waals surface area contributed by atoms with Crippen LogP contribution in [0.25, 0.3) is 0 Å². The van der Waals surface area contributed by atoms with Crippen molar-refractivity contribution in [3.05, 3.63) is 41.8 Å². The van der Waals surface area contributed by atoms with Crippen LogP contribution in [0.1, 0.15) is 35.7 Å². The van der Waals surface area contributed by atoms with Crippen molar-refractivity contribution in [1.29, 1.82) is 5.26 Å². The molecular weight excluding hydrogens is 379 g/mol. The van der Waals surface area contributed by atoms with Gasteiger partial charge in [0.05, 0.1) is 18.0 Å². The zero-order valence-electron chi connectivity index (χ0n) is 15.8. The number of nitrogens with zero attached hydrogens (tertiary/aromatic N) is 3. The van der Waals surface area contributed by atoms with E-state index < -0.39 is 17.9 Å². The van der Waals surface area contributed by atoms with Crippen LogP contribution in [0.4, 0.5) is 20.7 Å². The second kappa shape index (κ2) is 8.60. The molecule has 0 radical (unpaired) electrons. The van der Waals surface area contributed by atoms with Gasteiger partial charge in [0.2, 0.25) is 0 Å². The number of halogens is 1. The maximum Gasteiger partial charge on any atom is 0.407 e. The summed E-state index contributed by atoms with van der Waals surface area (Å²) in [4.78, 5) is 23.3. The molecule has 10 heteroatoms. The number of hydrogen-bond acceptors (Lipinski definition) is 6. The van der Waals surface area contributed by atoms with Gasteiger partial charge in [-0.3, -0.25) is 9.48 Å². The lowest BCUT2D eigenvalue weighted by atomic mass is 9.83. The molecule has 29 heavy (non-hydrogen) atoms. The van der Waals surface area contributed by atoms with E-state index in [2.05, 4.69) is 21.8 Å². The van der Waals surface area contributed by atoms with Crippen molar-refractivity contribution < 1.29 is 18.7 Å². The van der Waals surface area contributed by atoms with E-state index in [4.69, 9.17) is 10.5 Å². The van der Waals surface area contributed by atoms with Crippen LogP contribution < -0.4 is 16.4 Å². The van der Waals surface area contributed by atoms with Crippen LogP contribution in [-0.4, -0.2) is 34.9 Å². The fourth-order valence-corrected chi connectivity index (χ4v) is 3.39. The van der Waals surface area contributed by atoms with Gasteiger partial charge >= 0.3 is 6.09 Å². The minimum Gasteiger partial charge on any atom is -0.446 e. The quantitative estimate of drug-likeness (QED) is 0.705. The summed E-state index contributed by atoms with van der Waals surface area (Å²) in [5.41, 5.74) is 6.18. The first-order chi connectivity index (χ1) is 13.9. The van der Waals surface area contributed by atoms with Gasteiger partial charge in [0.1, 0.15) is 17.5 Å². The fourth-order valence-electron chi connectivity index (χ4n) is 3.39. The van der Waals surface area contributed by atoms with Gasteiger partial charge in [0.25, 0.3) is 5.91 Å². The Labute approximate surface area is 166 Å². The van der Waals surface area contributed by atoms with Crippen molar-refractivity contribution in [1.82, 2.24) is 15.1 Å². The summed E-state index contributed by atoms with van der Waals surface area (Å²) >= 11 is 0. The molecule has 152 valence electrons. The monoisotopic (exact) mass is 400 g/mol. The Morgan fingerprint density at radius 2 is 2.07 bits per heavy atom. The number of nitrogens with two attached hydrogens (primary N) is 1. The Hall–Kier alpha value is -3.61. The lowest BCUT2D eigenvalue weighted by Gasteiger charge is -2.32. The SMILES string of the molecule is CNC(=O)OC1CCC(n2cc(C(N)=O)c(Nc3ccc(F)cc3)n2)C(C#N)C1. The van der Waals surface area contributed by atoms with Crippen LogP contribution in [0, 0.1) is 23.1 Å². The van der Waals surface area contributed by atoms with E-state index in [1.54, 1.807) is 4.68 Å². The summed E-state index contributed by atoms with van der Waals surface area (Å²) < 4.78 is 19.9. The number of amides is 2. The van der Waals surface area contributed by atoms with Gasteiger partial charge in [0, 0.05) is 25.4 Å². The average Bonchev–Trinajstić information content (AvgIpc) is 3.13. The number of hydrogen-bond donors (Lipinski definition) is 3. The zero-order chi connectivity index (χ0) is 21.0. The Morgan fingerprint density at radius 1 is 1.34 bits per heavy atom. The number of carbonyl (C=O) groups excluding carboxylic acids is 2. The maximum absolute atomic E-state index is 13.1. The van der Waals surface area contributed by atoms with Gasteiger partial charge in [-0.2, -0.15) is 10.4 Å². The van der Waals surface area contributed by atoms with Gasteiger partial charge < -0.3 is 21.1 Å². The van der Waals surface area contributed by atoms with E-state index in [0.717, 1.165) is 0 Å². The second-order valence-corrected chi connectivity index (χ2v) is 6.76.